The number of morpholine rings is 1. The first-order chi connectivity index (χ1) is 9.90. The van der Waals surface area contributed by atoms with Crippen LogP contribution in [0.25, 0.3) is 0 Å². The van der Waals surface area contributed by atoms with Crippen molar-refractivity contribution in [3.63, 3.8) is 0 Å². The van der Waals surface area contributed by atoms with Gasteiger partial charge in [-0.05, 0) is 44.9 Å². The first-order valence-electron chi connectivity index (χ1n) is 7.21. The van der Waals surface area contributed by atoms with E-state index >= 15 is 0 Å². The molecule has 0 aromatic heterocycles. The van der Waals surface area contributed by atoms with Crippen LogP contribution in [0, 0.1) is 13.8 Å². The molecule has 5 nitrogen and oxygen atoms in total. The number of nitrogens with zero attached hydrogens (tertiary/aromatic N) is 1. The summed E-state index contributed by atoms with van der Waals surface area (Å²) in [6, 6.07) is 5.66. The van der Waals surface area contributed by atoms with Gasteiger partial charge >= 0.3 is 11.8 Å². The Labute approximate surface area is 125 Å². The highest BCUT2D eigenvalue weighted by atomic mass is 16.5. The van der Waals surface area contributed by atoms with Crippen molar-refractivity contribution in [2.75, 3.05) is 18.5 Å². The van der Waals surface area contributed by atoms with E-state index in [2.05, 4.69) is 5.32 Å². The van der Waals surface area contributed by atoms with Crippen molar-refractivity contribution in [3.8, 4) is 0 Å². The van der Waals surface area contributed by atoms with Crippen molar-refractivity contribution in [2.45, 2.75) is 39.8 Å². The Morgan fingerprint density at radius 1 is 1.29 bits per heavy atom. The van der Waals surface area contributed by atoms with Crippen LogP contribution in [0.1, 0.15) is 25.0 Å². The minimum Gasteiger partial charge on any atom is -0.375 e. The Kier molecular flexibility index (Phi) is 4.63. The van der Waals surface area contributed by atoms with Crippen molar-refractivity contribution < 1.29 is 14.3 Å². The molecule has 1 aliphatic heterocycles. The molecule has 114 valence electrons. The Bertz CT molecular complexity index is 556. The van der Waals surface area contributed by atoms with Crippen molar-refractivity contribution in [3.05, 3.63) is 29.3 Å². The normalized spacial score (nSPS) is 22.0. The summed E-state index contributed by atoms with van der Waals surface area (Å²) in [6.45, 7) is 8.57. The molecular formula is C16H22N2O3. The van der Waals surface area contributed by atoms with Gasteiger partial charge in [0.25, 0.3) is 0 Å². The topological polar surface area (TPSA) is 58.6 Å². The molecule has 2 amide bonds. The van der Waals surface area contributed by atoms with Gasteiger partial charge in [0.2, 0.25) is 0 Å². The summed E-state index contributed by atoms with van der Waals surface area (Å²) in [5.74, 6) is -1.09. The first kappa shape index (κ1) is 15.5. The first-order valence-corrected chi connectivity index (χ1v) is 7.21. The highest BCUT2D eigenvalue weighted by Crippen LogP contribution is 2.18. The fraction of sp³-hybridized carbons (Fsp3) is 0.500. The number of carbonyl (C=O) groups is 2. The van der Waals surface area contributed by atoms with Crippen molar-refractivity contribution in [1.82, 2.24) is 4.90 Å². The molecule has 1 aromatic rings. The van der Waals surface area contributed by atoms with E-state index in [4.69, 9.17) is 4.74 Å². The standard InChI is InChI=1S/C16H22N2O3/c1-10-5-6-11(2)14(9-10)17-15(19)16(20)18-7-8-21-13(4)12(18)3/h5-6,9,12-13H,7-8H2,1-4H3,(H,17,19)/t12-,13-/m0/s1. The fourth-order valence-corrected chi connectivity index (χ4v) is 2.40. The van der Waals surface area contributed by atoms with Gasteiger partial charge < -0.3 is 15.0 Å². The van der Waals surface area contributed by atoms with Gasteiger partial charge in [-0.15, -0.1) is 0 Å². The highest BCUT2D eigenvalue weighted by Gasteiger charge is 2.32. The Balaban J connectivity index is 2.09. The second-order valence-electron chi connectivity index (χ2n) is 5.59. The molecule has 0 saturated carbocycles. The lowest BCUT2D eigenvalue weighted by molar-refractivity contribution is -0.152. The number of amides is 2. The molecule has 0 bridgehead atoms. The maximum absolute atomic E-state index is 12.3. The highest BCUT2D eigenvalue weighted by molar-refractivity contribution is 6.39. The number of aryl methyl sites for hydroxylation is 2. The molecular weight excluding hydrogens is 268 g/mol. The van der Waals surface area contributed by atoms with Gasteiger partial charge in [-0.25, -0.2) is 0 Å². The molecule has 2 rings (SSSR count). The maximum atomic E-state index is 12.3. The molecule has 1 aromatic carbocycles. The summed E-state index contributed by atoms with van der Waals surface area (Å²) in [7, 11) is 0. The third-order valence-electron chi connectivity index (χ3n) is 3.98. The minimum absolute atomic E-state index is 0.0591. The zero-order valence-electron chi connectivity index (χ0n) is 13.0. The lowest BCUT2D eigenvalue weighted by atomic mass is 10.1. The van der Waals surface area contributed by atoms with E-state index in [1.165, 1.54) is 0 Å². The van der Waals surface area contributed by atoms with Crippen molar-refractivity contribution in [1.29, 1.82) is 0 Å². The molecule has 0 spiro atoms. The molecule has 1 aliphatic rings. The number of benzene rings is 1. The predicted molar refractivity (Wildman–Crippen MR) is 81.1 cm³/mol. The average Bonchev–Trinajstić information content (AvgIpc) is 2.45. The van der Waals surface area contributed by atoms with E-state index in [1.54, 1.807) is 4.90 Å². The van der Waals surface area contributed by atoms with Gasteiger partial charge in [-0.3, -0.25) is 9.59 Å². The molecule has 0 aliphatic carbocycles. The summed E-state index contributed by atoms with van der Waals surface area (Å²) in [4.78, 5) is 26.1. The van der Waals surface area contributed by atoms with Crippen LogP contribution in [0.2, 0.25) is 0 Å². The summed E-state index contributed by atoms with van der Waals surface area (Å²) in [5.41, 5.74) is 2.66. The van der Waals surface area contributed by atoms with Crippen LogP contribution in [0.3, 0.4) is 0 Å². The van der Waals surface area contributed by atoms with E-state index in [1.807, 2.05) is 45.9 Å². The largest absolute Gasteiger partial charge is 0.375 e. The number of rotatable bonds is 1. The average molecular weight is 290 g/mol. The van der Waals surface area contributed by atoms with Gasteiger partial charge in [-0.1, -0.05) is 12.1 Å². The lowest BCUT2D eigenvalue weighted by Crippen LogP contribution is -2.54. The third-order valence-corrected chi connectivity index (χ3v) is 3.98. The van der Waals surface area contributed by atoms with E-state index in [-0.39, 0.29) is 12.1 Å². The maximum Gasteiger partial charge on any atom is 0.313 e. The SMILES string of the molecule is Cc1ccc(C)c(NC(=O)C(=O)N2CCO[C@@H](C)[C@@H]2C)c1. The summed E-state index contributed by atoms with van der Waals surface area (Å²) in [5, 5.41) is 2.71. The predicted octanol–water partition coefficient (Wildman–Crippen LogP) is 1.88. The second-order valence-corrected chi connectivity index (χ2v) is 5.59. The monoisotopic (exact) mass is 290 g/mol. The van der Waals surface area contributed by atoms with Crippen LogP contribution in [0.5, 0.6) is 0 Å². The van der Waals surface area contributed by atoms with E-state index in [0.717, 1.165) is 11.1 Å². The molecule has 0 unspecified atom stereocenters. The molecule has 2 atom stereocenters. The number of ether oxygens (including phenoxy) is 1. The molecule has 1 saturated heterocycles. The Morgan fingerprint density at radius 3 is 2.71 bits per heavy atom. The molecule has 1 N–H and O–H groups in total. The molecule has 0 radical (unpaired) electrons. The van der Waals surface area contributed by atoms with E-state index in [0.29, 0.717) is 18.8 Å². The van der Waals surface area contributed by atoms with Gasteiger partial charge in [0, 0.05) is 12.2 Å². The summed E-state index contributed by atoms with van der Waals surface area (Å²) >= 11 is 0. The Hall–Kier alpha value is -1.88. The number of hydrogen-bond acceptors (Lipinski definition) is 3. The third kappa shape index (κ3) is 3.42. The number of anilines is 1. The Morgan fingerprint density at radius 2 is 2.00 bits per heavy atom. The van der Waals surface area contributed by atoms with Crippen molar-refractivity contribution >= 4 is 17.5 Å². The summed E-state index contributed by atoms with van der Waals surface area (Å²) < 4.78 is 5.48. The minimum atomic E-state index is -0.593. The smallest absolute Gasteiger partial charge is 0.313 e. The number of hydrogen-bond donors (Lipinski definition) is 1. The number of carbonyl (C=O) groups excluding carboxylic acids is 2. The van der Waals surface area contributed by atoms with Crippen LogP contribution in [0.4, 0.5) is 5.69 Å². The van der Waals surface area contributed by atoms with Crippen LogP contribution >= 0.6 is 0 Å². The quantitative estimate of drug-likeness (QED) is 0.803. The van der Waals surface area contributed by atoms with Crippen LogP contribution in [-0.4, -0.2) is 42.0 Å². The van der Waals surface area contributed by atoms with Crippen LogP contribution in [-0.2, 0) is 14.3 Å². The number of nitrogens with one attached hydrogen (secondary N) is 1. The molecule has 1 heterocycles. The summed E-state index contributed by atoms with van der Waals surface area (Å²) in [6.07, 6.45) is -0.0591. The molecule has 21 heavy (non-hydrogen) atoms. The van der Waals surface area contributed by atoms with Gasteiger partial charge in [-0.2, -0.15) is 0 Å². The van der Waals surface area contributed by atoms with Gasteiger partial charge in [0.15, 0.2) is 0 Å². The van der Waals surface area contributed by atoms with Gasteiger partial charge in [0.05, 0.1) is 18.8 Å². The second kappa shape index (κ2) is 6.26. The molecule has 1 fully saturated rings. The van der Waals surface area contributed by atoms with Crippen LogP contribution < -0.4 is 5.32 Å². The van der Waals surface area contributed by atoms with Crippen LogP contribution in [0.15, 0.2) is 18.2 Å². The lowest BCUT2D eigenvalue weighted by Gasteiger charge is -2.37. The zero-order valence-corrected chi connectivity index (χ0v) is 13.0. The van der Waals surface area contributed by atoms with E-state index < -0.39 is 11.8 Å². The van der Waals surface area contributed by atoms with E-state index in [9.17, 15) is 9.59 Å². The fourth-order valence-electron chi connectivity index (χ4n) is 2.40. The zero-order chi connectivity index (χ0) is 15.6. The van der Waals surface area contributed by atoms with Crippen molar-refractivity contribution in [2.24, 2.45) is 0 Å². The molecule has 5 heteroatoms. The van der Waals surface area contributed by atoms with Gasteiger partial charge in [0.1, 0.15) is 0 Å².